The van der Waals surface area contributed by atoms with E-state index in [1.807, 2.05) is 0 Å². The first-order valence-corrected chi connectivity index (χ1v) is 5.69. The molecule has 1 heteroatoms. The molecule has 1 nitrogen and oxygen atoms in total. The number of allylic oxidation sites excluding steroid dienone is 1. The van der Waals surface area contributed by atoms with Crippen molar-refractivity contribution in [3.05, 3.63) is 58.4 Å². The van der Waals surface area contributed by atoms with Gasteiger partial charge in [0.1, 0.15) is 0 Å². The van der Waals surface area contributed by atoms with Crippen LogP contribution < -0.4 is 0 Å². The van der Waals surface area contributed by atoms with Crippen molar-refractivity contribution in [2.75, 3.05) is 0 Å². The monoisotopic (exact) mass is 209 g/mol. The van der Waals surface area contributed by atoms with Crippen molar-refractivity contribution in [2.45, 2.75) is 20.3 Å². The van der Waals surface area contributed by atoms with Gasteiger partial charge in [-0.2, -0.15) is 0 Å². The SMILES string of the molecule is Cc1c[nH]c(C2=Cc3ccccc3C2)c1C. The number of hydrogen-bond donors (Lipinski definition) is 1. The molecule has 1 aromatic heterocycles. The second-order valence-electron chi connectivity index (χ2n) is 4.52. The Hall–Kier alpha value is -1.76. The van der Waals surface area contributed by atoms with Gasteiger partial charge in [-0.1, -0.05) is 24.3 Å². The van der Waals surface area contributed by atoms with Crippen molar-refractivity contribution in [1.82, 2.24) is 4.98 Å². The Kier molecular flexibility index (Phi) is 2.00. The largest absolute Gasteiger partial charge is 0.361 e. The zero-order chi connectivity index (χ0) is 11.1. The molecule has 0 bridgehead atoms. The lowest BCUT2D eigenvalue weighted by molar-refractivity contribution is 1.24. The molecule has 16 heavy (non-hydrogen) atoms. The molecule has 1 aromatic carbocycles. The third-order valence-corrected chi connectivity index (χ3v) is 3.49. The second-order valence-corrected chi connectivity index (χ2v) is 4.52. The van der Waals surface area contributed by atoms with Crippen molar-refractivity contribution in [2.24, 2.45) is 0 Å². The summed E-state index contributed by atoms with van der Waals surface area (Å²) in [6, 6.07) is 8.62. The topological polar surface area (TPSA) is 15.8 Å². The van der Waals surface area contributed by atoms with Crippen LogP contribution in [0, 0.1) is 13.8 Å². The highest BCUT2D eigenvalue weighted by Gasteiger charge is 2.16. The number of nitrogens with one attached hydrogen (secondary N) is 1. The maximum atomic E-state index is 3.38. The van der Waals surface area contributed by atoms with Crippen molar-refractivity contribution in [3.8, 4) is 0 Å². The van der Waals surface area contributed by atoms with Crippen molar-refractivity contribution in [1.29, 1.82) is 0 Å². The van der Waals surface area contributed by atoms with E-state index in [1.165, 1.54) is 33.5 Å². The molecule has 0 radical (unpaired) electrons. The Bertz CT molecular complexity index is 573. The van der Waals surface area contributed by atoms with Crippen LogP contribution in [0.1, 0.15) is 27.9 Å². The van der Waals surface area contributed by atoms with Gasteiger partial charge in [-0.15, -0.1) is 0 Å². The molecule has 80 valence electrons. The van der Waals surface area contributed by atoms with Crippen LogP contribution >= 0.6 is 0 Å². The number of benzene rings is 1. The molecule has 0 saturated carbocycles. The zero-order valence-electron chi connectivity index (χ0n) is 9.67. The van der Waals surface area contributed by atoms with Gasteiger partial charge in [0, 0.05) is 18.3 Å². The predicted octanol–water partition coefficient (Wildman–Crippen LogP) is 3.73. The minimum Gasteiger partial charge on any atom is -0.361 e. The molecule has 0 amide bonds. The molecule has 0 spiro atoms. The molecular formula is C15H15N. The molecule has 0 saturated heterocycles. The van der Waals surface area contributed by atoms with Crippen molar-refractivity contribution < 1.29 is 0 Å². The van der Waals surface area contributed by atoms with Crippen LogP contribution in [0.2, 0.25) is 0 Å². The maximum Gasteiger partial charge on any atom is 0.0448 e. The average molecular weight is 209 g/mol. The fraction of sp³-hybridized carbons (Fsp3) is 0.200. The van der Waals surface area contributed by atoms with Crippen LogP contribution in [0.15, 0.2) is 30.5 Å². The summed E-state index contributed by atoms with van der Waals surface area (Å²) in [7, 11) is 0. The number of hydrogen-bond acceptors (Lipinski definition) is 0. The number of aryl methyl sites for hydroxylation is 1. The molecule has 1 N–H and O–H groups in total. The van der Waals surface area contributed by atoms with E-state index >= 15 is 0 Å². The van der Waals surface area contributed by atoms with Gasteiger partial charge in [0.2, 0.25) is 0 Å². The van der Waals surface area contributed by atoms with Crippen LogP contribution in [0.3, 0.4) is 0 Å². The molecular weight excluding hydrogens is 194 g/mol. The number of aromatic amines is 1. The molecule has 0 atom stereocenters. The van der Waals surface area contributed by atoms with Gasteiger partial charge in [0.25, 0.3) is 0 Å². The van der Waals surface area contributed by atoms with E-state index in [-0.39, 0.29) is 0 Å². The van der Waals surface area contributed by atoms with Crippen LogP contribution in [-0.4, -0.2) is 4.98 Å². The summed E-state index contributed by atoms with van der Waals surface area (Å²) >= 11 is 0. The predicted molar refractivity (Wildman–Crippen MR) is 68.3 cm³/mol. The molecule has 0 fully saturated rings. The molecule has 2 aromatic rings. The van der Waals surface area contributed by atoms with E-state index in [4.69, 9.17) is 0 Å². The third kappa shape index (κ3) is 1.32. The summed E-state index contributed by atoms with van der Waals surface area (Å²) < 4.78 is 0. The normalized spacial score (nSPS) is 13.8. The number of fused-ring (bicyclic) bond motifs is 1. The summed E-state index contributed by atoms with van der Waals surface area (Å²) in [5.74, 6) is 0. The van der Waals surface area contributed by atoms with Crippen LogP contribution in [0.4, 0.5) is 0 Å². The Morgan fingerprint density at radius 2 is 1.94 bits per heavy atom. The van der Waals surface area contributed by atoms with Gasteiger partial charge >= 0.3 is 0 Å². The molecule has 3 rings (SSSR count). The summed E-state index contributed by atoms with van der Waals surface area (Å²) in [6.45, 7) is 4.34. The standard InChI is InChI=1S/C15H15N/c1-10-9-16-15(11(10)2)14-7-12-5-3-4-6-13(12)8-14/h3-7,9,16H,8H2,1-2H3. The summed E-state index contributed by atoms with van der Waals surface area (Å²) in [4.78, 5) is 3.38. The van der Waals surface area contributed by atoms with E-state index < -0.39 is 0 Å². The van der Waals surface area contributed by atoms with Gasteiger partial charge < -0.3 is 4.98 Å². The van der Waals surface area contributed by atoms with E-state index in [9.17, 15) is 0 Å². The van der Waals surface area contributed by atoms with Gasteiger partial charge in [-0.05, 0) is 47.8 Å². The quantitative estimate of drug-likeness (QED) is 0.736. The molecule has 1 aliphatic rings. The molecule has 0 aliphatic heterocycles. The zero-order valence-corrected chi connectivity index (χ0v) is 9.67. The first kappa shape index (κ1) is 9.46. The smallest absolute Gasteiger partial charge is 0.0448 e. The first-order chi connectivity index (χ1) is 7.75. The van der Waals surface area contributed by atoms with Crippen LogP contribution in [0.5, 0.6) is 0 Å². The number of H-pyrrole nitrogens is 1. The van der Waals surface area contributed by atoms with Crippen LogP contribution in [0.25, 0.3) is 11.6 Å². The summed E-state index contributed by atoms with van der Waals surface area (Å²) in [5.41, 5.74) is 8.22. The van der Waals surface area contributed by atoms with Gasteiger partial charge in [0.15, 0.2) is 0 Å². The second kappa shape index (κ2) is 3.38. The minimum absolute atomic E-state index is 1.05. The Balaban J connectivity index is 2.05. The third-order valence-electron chi connectivity index (χ3n) is 3.49. The molecule has 0 unspecified atom stereocenters. The lowest BCUT2D eigenvalue weighted by Gasteiger charge is -2.01. The highest BCUT2D eigenvalue weighted by Crippen LogP contribution is 2.32. The minimum atomic E-state index is 1.05. The maximum absolute atomic E-state index is 3.38. The highest BCUT2D eigenvalue weighted by molar-refractivity contribution is 5.88. The Morgan fingerprint density at radius 1 is 1.12 bits per heavy atom. The molecule has 1 aliphatic carbocycles. The van der Waals surface area contributed by atoms with Gasteiger partial charge in [0.05, 0.1) is 0 Å². The van der Waals surface area contributed by atoms with E-state index in [0.717, 1.165) is 6.42 Å². The lowest BCUT2D eigenvalue weighted by atomic mass is 10.1. The Labute approximate surface area is 95.8 Å². The first-order valence-electron chi connectivity index (χ1n) is 5.69. The average Bonchev–Trinajstić information content (AvgIpc) is 2.84. The van der Waals surface area contributed by atoms with E-state index in [2.05, 4.69) is 55.4 Å². The summed E-state index contributed by atoms with van der Waals surface area (Å²) in [6.07, 6.45) is 5.44. The summed E-state index contributed by atoms with van der Waals surface area (Å²) in [5, 5.41) is 0. The molecule has 1 heterocycles. The lowest BCUT2D eigenvalue weighted by Crippen LogP contribution is -1.88. The number of aromatic nitrogens is 1. The van der Waals surface area contributed by atoms with Crippen LogP contribution in [-0.2, 0) is 6.42 Å². The van der Waals surface area contributed by atoms with E-state index in [0.29, 0.717) is 0 Å². The fourth-order valence-electron chi connectivity index (χ4n) is 2.37. The number of rotatable bonds is 1. The van der Waals surface area contributed by atoms with Gasteiger partial charge in [-0.25, -0.2) is 0 Å². The Morgan fingerprint density at radius 3 is 2.62 bits per heavy atom. The highest BCUT2D eigenvalue weighted by atomic mass is 14.7. The van der Waals surface area contributed by atoms with Gasteiger partial charge in [-0.3, -0.25) is 0 Å². The van der Waals surface area contributed by atoms with Crippen molar-refractivity contribution in [3.63, 3.8) is 0 Å². The van der Waals surface area contributed by atoms with Crippen molar-refractivity contribution >= 4 is 11.6 Å². The van der Waals surface area contributed by atoms with E-state index in [1.54, 1.807) is 0 Å². The fourth-order valence-corrected chi connectivity index (χ4v) is 2.37.